The van der Waals surface area contributed by atoms with E-state index in [9.17, 15) is 9.18 Å². The first-order valence-corrected chi connectivity index (χ1v) is 7.33. The number of nitrogen functional groups attached to an aromatic ring is 1. The minimum absolute atomic E-state index is 0.115. The zero-order valence-electron chi connectivity index (χ0n) is 11.5. The van der Waals surface area contributed by atoms with Crippen molar-refractivity contribution in [2.24, 2.45) is 5.92 Å². The van der Waals surface area contributed by atoms with E-state index in [1.807, 2.05) is 0 Å². The molecule has 0 unspecified atom stereocenters. The van der Waals surface area contributed by atoms with Gasteiger partial charge in [0.15, 0.2) is 0 Å². The van der Waals surface area contributed by atoms with Gasteiger partial charge in [0.05, 0.1) is 12.2 Å². The first-order valence-electron chi connectivity index (χ1n) is 6.34. The summed E-state index contributed by atoms with van der Waals surface area (Å²) in [5.41, 5.74) is 5.99. The molecule has 0 amide bonds. The highest BCUT2D eigenvalue weighted by Crippen LogP contribution is 2.28. The van der Waals surface area contributed by atoms with E-state index in [1.165, 1.54) is 23.9 Å². The maximum atomic E-state index is 13.8. The van der Waals surface area contributed by atoms with Crippen LogP contribution in [0.4, 0.5) is 10.1 Å². The van der Waals surface area contributed by atoms with Gasteiger partial charge in [-0.05, 0) is 37.1 Å². The Balaban J connectivity index is 2.86. The number of benzene rings is 1. The van der Waals surface area contributed by atoms with Crippen LogP contribution in [0.5, 0.6) is 0 Å². The third kappa shape index (κ3) is 4.74. The second kappa shape index (κ2) is 7.38. The monoisotopic (exact) mass is 285 g/mol. The average Bonchev–Trinajstić information content (AvgIpc) is 2.31. The molecule has 1 aromatic carbocycles. The fourth-order valence-electron chi connectivity index (χ4n) is 1.47. The maximum absolute atomic E-state index is 13.8. The second-order valence-corrected chi connectivity index (χ2v) is 5.76. The van der Waals surface area contributed by atoms with Crippen LogP contribution in [0.2, 0.25) is 0 Å². The minimum atomic E-state index is -0.509. The first-order chi connectivity index (χ1) is 8.95. The summed E-state index contributed by atoms with van der Waals surface area (Å²) in [6.45, 7) is 6.22. The van der Waals surface area contributed by atoms with E-state index in [1.54, 1.807) is 6.92 Å². The maximum Gasteiger partial charge on any atom is 0.340 e. The van der Waals surface area contributed by atoms with E-state index in [4.69, 9.17) is 10.5 Å². The van der Waals surface area contributed by atoms with Gasteiger partial charge in [0.1, 0.15) is 5.82 Å². The Kier molecular flexibility index (Phi) is 6.15. The molecule has 0 bridgehead atoms. The van der Waals surface area contributed by atoms with Gasteiger partial charge in [0.2, 0.25) is 0 Å². The molecule has 1 aromatic rings. The lowest BCUT2D eigenvalue weighted by Crippen LogP contribution is -2.09. The van der Waals surface area contributed by atoms with Crippen molar-refractivity contribution >= 4 is 23.4 Å². The molecule has 0 spiro atoms. The predicted octanol–water partition coefficient (Wildman–Crippen LogP) is 3.72. The fraction of sp³-hybridized carbons (Fsp3) is 0.500. The number of halogens is 1. The van der Waals surface area contributed by atoms with Gasteiger partial charge in [0.25, 0.3) is 0 Å². The zero-order valence-corrected chi connectivity index (χ0v) is 12.3. The van der Waals surface area contributed by atoms with Crippen LogP contribution < -0.4 is 5.73 Å². The number of hydrogen-bond acceptors (Lipinski definition) is 4. The first kappa shape index (κ1) is 15.8. The van der Waals surface area contributed by atoms with E-state index in [2.05, 4.69) is 13.8 Å². The van der Waals surface area contributed by atoms with Crippen LogP contribution in [0.25, 0.3) is 0 Å². The highest BCUT2D eigenvalue weighted by molar-refractivity contribution is 7.99. The van der Waals surface area contributed by atoms with Gasteiger partial charge in [-0.3, -0.25) is 0 Å². The van der Waals surface area contributed by atoms with Gasteiger partial charge in [-0.2, -0.15) is 0 Å². The van der Waals surface area contributed by atoms with E-state index in [0.717, 1.165) is 12.2 Å². The van der Waals surface area contributed by atoms with Gasteiger partial charge >= 0.3 is 5.97 Å². The van der Waals surface area contributed by atoms with Gasteiger partial charge in [0, 0.05) is 10.6 Å². The summed E-state index contributed by atoms with van der Waals surface area (Å²) in [5.74, 6) is 0.472. The van der Waals surface area contributed by atoms with Crippen LogP contribution in [0.1, 0.15) is 37.6 Å². The molecule has 2 N–H and O–H groups in total. The van der Waals surface area contributed by atoms with E-state index in [0.29, 0.717) is 10.8 Å². The van der Waals surface area contributed by atoms with Gasteiger partial charge < -0.3 is 10.5 Å². The molecule has 0 aliphatic rings. The number of rotatable bonds is 6. The predicted molar refractivity (Wildman–Crippen MR) is 76.9 cm³/mol. The zero-order chi connectivity index (χ0) is 14.4. The molecule has 0 fully saturated rings. The molecule has 3 nitrogen and oxygen atoms in total. The third-order valence-corrected chi connectivity index (χ3v) is 3.62. The van der Waals surface area contributed by atoms with Crippen molar-refractivity contribution in [3.63, 3.8) is 0 Å². The lowest BCUT2D eigenvalue weighted by molar-refractivity contribution is 0.0527. The van der Waals surface area contributed by atoms with Gasteiger partial charge in [-0.15, -0.1) is 11.8 Å². The number of thioether (sulfide) groups is 1. The van der Waals surface area contributed by atoms with Crippen LogP contribution in [0.3, 0.4) is 0 Å². The van der Waals surface area contributed by atoms with Crippen LogP contribution in [0.15, 0.2) is 17.0 Å². The van der Waals surface area contributed by atoms with E-state index in [-0.39, 0.29) is 23.7 Å². The Labute approximate surface area is 117 Å². The number of esters is 1. The molecule has 0 saturated heterocycles. The summed E-state index contributed by atoms with van der Waals surface area (Å²) in [7, 11) is 0. The molecule has 5 heteroatoms. The Hall–Kier alpha value is -1.23. The SMILES string of the molecule is CCOC(=O)c1cc(SCCC(C)C)c(F)cc1N. The molecular formula is C14H20FNO2S. The van der Waals surface area contributed by atoms with Crippen molar-refractivity contribution in [1.82, 2.24) is 0 Å². The number of nitrogens with two attached hydrogens (primary N) is 1. The molecule has 0 aromatic heterocycles. The summed E-state index contributed by atoms with van der Waals surface area (Å²) in [6, 6.07) is 2.66. The van der Waals surface area contributed by atoms with Gasteiger partial charge in [-0.25, -0.2) is 9.18 Å². The molecule has 106 valence electrons. The van der Waals surface area contributed by atoms with Crippen molar-refractivity contribution in [2.75, 3.05) is 18.1 Å². The Bertz CT molecular complexity index is 449. The normalized spacial score (nSPS) is 10.8. The summed E-state index contributed by atoms with van der Waals surface area (Å²) in [5, 5.41) is 0. The molecule has 0 atom stereocenters. The smallest absolute Gasteiger partial charge is 0.340 e. The van der Waals surface area contributed by atoms with Crippen molar-refractivity contribution in [3.8, 4) is 0 Å². The molecular weight excluding hydrogens is 265 g/mol. The highest BCUT2D eigenvalue weighted by atomic mass is 32.2. The number of ether oxygens (including phenoxy) is 1. The van der Waals surface area contributed by atoms with Gasteiger partial charge in [-0.1, -0.05) is 13.8 Å². The molecule has 19 heavy (non-hydrogen) atoms. The fourth-order valence-corrected chi connectivity index (χ4v) is 2.68. The van der Waals surface area contributed by atoms with Crippen LogP contribution in [-0.4, -0.2) is 18.3 Å². The average molecular weight is 285 g/mol. The topological polar surface area (TPSA) is 52.3 Å². The molecule has 0 aliphatic carbocycles. The molecule has 0 saturated carbocycles. The number of carbonyl (C=O) groups excluding carboxylic acids is 1. The molecule has 0 aliphatic heterocycles. The van der Waals surface area contributed by atoms with E-state index < -0.39 is 5.97 Å². The second-order valence-electron chi connectivity index (χ2n) is 4.62. The summed E-state index contributed by atoms with van der Waals surface area (Å²) >= 11 is 1.40. The largest absolute Gasteiger partial charge is 0.462 e. The third-order valence-electron chi connectivity index (χ3n) is 2.55. The summed E-state index contributed by atoms with van der Waals surface area (Å²) in [6.07, 6.45) is 0.989. The number of anilines is 1. The van der Waals surface area contributed by atoms with Crippen LogP contribution in [0, 0.1) is 11.7 Å². The van der Waals surface area contributed by atoms with Crippen LogP contribution >= 0.6 is 11.8 Å². The lowest BCUT2D eigenvalue weighted by Gasteiger charge is -2.10. The Morgan fingerprint density at radius 2 is 2.16 bits per heavy atom. The van der Waals surface area contributed by atoms with Crippen molar-refractivity contribution < 1.29 is 13.9 Å². The summed E-state index contributed by atoms with van der Waals surface area (Å²) in [4.78, 5) is 12.1. The number of carbonyl (C=O) groups is 1. The molecule has 1 rings (SSSR count). The Morgan fingerprint density at radius 3 is 2.74 bits per heavy atom. The standard InChI is InChI=1S/C14H20FNO2S/c1-4-18-14(17)10-7-13(11(15)8-12(10)16)19-6-5-9(2)3/h7-9H,4-6,16H2,1-3H3. The lowest BCUT2D eigenvalue weighted by atomic mass is 10.2. The van der Waals surface area contributed by atoms with E-state index >= 15 is 0 Å². The van der Waals surface area contributed by atoms with Crippen molar-refractivity contribution in [2.45, 2.75) is 32.1 Å². The molecule has 0 radical (unpaired) electrons. The number of hydrogen-bond donors (Lipinski definition) is 1. The minimum Gasteiger partial charge on any atom is -0.462 e. The van der Waals surface area contributed by atoms with Crippen LogP contribution in [-0.2, 0) is 4.74 Å². The van der Waals surface area contributed by atoms with Crippen molar-refractivity contribution in [3.05, 3.63) is 23.5 Å². The molecule has 0 heterocycles. The Morgan fingerprint density at radius 1 is 1.47 bits per heavy atom. The van der Waals surface area contributed by atoms with Crippen molar-refractivity contribution in [1.29, 1.82) is 0 Å². The highest BCUT2D eigenvalue weighted by Gasteiger charge is 2.15. The summed E-state index contributed by atoms with van der Waals surface area (Å²) < 4.78 is 18.6. The quantitative estimate of drug-likeness (QED) is 0.491.